The van der Waals surface area contributed by atoms with E-state index in [0.29, 0.717) is 18.1 Å². The van der Waals surface area contributed by atoms with Crippen LogP contribution in [0.1, 0.15) is 62.5 Å². The van der Waals surface area contributed by atoms with E-state index in [1.165, 1.54) is 18.6 Å². The van der Waals surface area contributed by atoms with Crippen LogP contribution in [0.4, 0.5) is 35.1 Å². The molecule has 1 saturated carbocycles. The van der Waals surface area contributed by atoms with E-state index >= 15 is 4.39 Å². The average Bonchev–Trinajstić information content (AvgIpc) is 2.86. The van der Waals surface area contributed by atoms with Crippen molar-refractivity contribution in [2.24, 2.45) is 5.92 Å². The molecule has 0 radical (unpaired) electrons. The zero-order valence-corrected chi connectivity index (χ0v) is 21.0. The van der Waals surface area contributed by atoms with Gasteiger partial charge in [-0.3, -0.25) is 0 Å². The number of halogens is 8. The standard InChI is InChI=1S/C29H26F8O2/c1-2-3-16-4-6-18(7-5-16)19-8-9-21(22(30)12-19)20-13-25(33)27(26(34)14-20)38-15-17-10-23(31)28(24(32)11-17)39-29(35,36)37/h8-14,16,18H,2-7,15H2,1H3. The molecule has 0 unspecified atom stereocenters. The van der Waals surface area contributed by atoms with E-state index in [0.717, 1.165) is 49.8 Å². The quantitative estimate of drug-likeness (QED) is 0.256. The fourth-order valence-electron chi connectivity index (χ4n) is 5.13. The summed E-state index contributed by atoms with van der Waals surface area (Å²) in [5.74, 6) is -7.98. The second-order valence-electron chi connectivity index (χ2n) is 9.74. The van der Waals surface area contributed by atoms with E-state index in [1.807, 2.05) is 0 Å². The van der Waals surface area contributed by atoms with Crippen LogP contribution >= 0.6 is 0 Å². The summed E-state index contributed by atoms with van der Waals surface area (Å²) < 4.78 is 117. The summed E-state index contributed by atoms with van der Waals surface area (Å²) in [6.45, 7) is 1.39. The van der Waals surface area contributed by atoms with E-state index in [2.05, 4.69) is 11.7 Å². The second kappa shape index (κ2) is 11.8. The molecule has 0 saturated heterocycles. The molecule has 0 atom stereocenters. The Labute approximate surface area is 220 Å². The summed E-state index contributed by atoms with van der Waals surface area (Å²) in [4.78, 5) is 0. The van der Waals surface area contributed by atoms with Gasteiger partial charge in [-0.2, -0.15) is 0 Å². The van der Waals surface area contributed by atoms with Crippen molar-refractivity contribution in [3.8, 4) is 22.6 Å². The van der Waals surface area contributed by atoms with Gasteiger partial charge in [-0.15, -0.1) is 13.2 Å². The van der Waals surface area contributed by atoms with Gasteiger partial charge in [0, 0.05) is 5.56 Å². The average molecular weight is 559 g/mol. The van der Waals surface area contributed by atoms with Gasteiger partial charge in [0.15, 0.2) is 29.0 Å². The summed E-state index contributed by atoms with van der Waals surface area (Å²) in [5, 5.41) is 0. The van der Waals surface area contributed by atoms with Gasteiger partial charge in [0.05, 0.1) is 0 Å². The predicted molar refractivity (Wildman–Crippen MR) is 129 cm³/mol. The lowest BCUT2D eigenvalue weighted by atomic mass is 9.77. The van der Waals surface area contributed by atoms with Gasteiger partial charge in [0.1, 0.15) is 12.4 Å². The fourth-order valence-corrected chi connectivity index (χ4v) is 5.13. The third-order valence-corrected chi connectivity index (χ3v) is 6.98. The maximum absolute atomic E-state index is 15.0. The lowest BCUT2D eigenvalue weighted by molar-refractivity contribution is -0.276. The minimum atomic E-state index is -5.32. The topological polar surface area (TPSA) is 18.5 Å². The summed E-state index contributed by atoms with van der Waals surface area (Å²) in [7, 11) is 0. The van der Waals surface area contributed by atoms with Crippen LogP contribution in [0.2, 0.25) is 0 Å². The third-order valence-electron chi connectivity index (χ3n) is 6.98. The maximum Gasteiger partial charge on any atom is 0.573 e. The SMILES string of the molecule is CCCC1CCC(c2ccc(-c3cc(F)c(OCc4cc(F)c(OC(F)(F)F)c(F)c4)c(F)c3)c(F)c2)CC1. The highest BCUT2D eigenvalue weighted by Crippen LogP contribution is 2.39. The monoisotopic (exact) mass is 558 g/mol. The highest BCUT2D eigenvalue weighted by Gasteiger charge is 2.34. The Hall–Kier alpha value is -3.30. The number of hydrogen-bond acceptors (Lipinski definition) is 2. The van der Waals surface area contributed by atoms with Gasteiger partial charge >= 0.3 is 6.36 Å². The van der Waals surface area contributed by atoms with Crippen molar-refractivity contribution >= 4 is 0 Å². The lowest BCUT2D eigenvalue weighted by Crippen LogP contribution is -2.19. The van der Waals surface area contributed by atoms with Crippen LogP contribution in [-0.2, 0) is 6.61 Å². The summed E-state index contributed by atoms with van der Waals surface area (Å²) in [6, 6.07) is 7.35. The molecule has 0 aliphatic heterocycles. The molecule has 4 rings (SSSR count). The Morgan fingerprint density at radius 3 is 1.87 bits per heavy atom. The van der Waals surface area contributed by atoms with Crippen molar-refractivity contribution in [1.82, 2.24) is 0 Å². The minimum absolute atomic E-state index is 0.00726. The zero-order chi connectivity index (χ0) is 28.3. The Morgan fingerprint density at radius 2 is 1.33 bits per heavy atom. The first kappa shape index (κ1) is 28.7. The molecule has 2 nitrogen and oxygen atoms in total. The number of alkyl halides is 3. The van der Waals surface area contributed by atoms with Crippen LogP contribution in [0.3, 0.4) is 0 Å². The summed E-state index contributed by atoms with van der Waals surface area (Å²) in [5.41, 5.74) is 0.428. The Kier molecular flexibility index (Phi) is 8.71. The van der Waals surface area contributed by atoms with Crippen molar-refractivity contribution in [3.05, 3.63) is 82.7 Å². The maximum atomic E-state index is 15.0. The first-order chi connectivity index (χ1) is 18.4. The molecule has 0 amide bonds. The molecule has 0 aromatic heterocycles. The van der Waals surface area contributed by atoms with Crippen LogP contribution in [0.5, 0.6) is 11.5 Å². The van der Waals surface area contributed by atoms with Gasteiger partial charge in [-0.25, -0.2) is 22.0 Å². The zero-order valence-electron chi connectivity index (χ0n) is 21.0. The molecule has 3 aromatic rings. The van der Waals surface area contributed by atoms with Gasteiger partial charge in [-0.05, 0) is 84.5 Å². The first-order valence-electron chi connectivity index (χ1n) is 12.6. The van der Waals surface area contributed by atoms with Crippen molar-refractivity contribution in [1.29, 1.82) is 0 Å². The molecule has 39 heavy (non-hydrogen) atoms. The molecule has 10 heteroatoms. The highest BCUT2D eigenvalue weighted by molar-refractivity contribution is 5.66. The number of hydrogen-bond donors (Lipinski definition) is 0. The van der Waals surface area contributed by atoms with Crippen molar-refractivity contribution in [3.63, 3.8) is 0 Å². The van der Waals surface area contributed by atoms with Gasteiger partial charge in [0.2, 0.25) is 5.75 Å². The van der Waals surface area contributed by atoms with Crippen LogP contribution in [0, 0.1) is 35.0 Å². The lowest BCUT2D eigenvalue weighted by Gasteiger charge is -2.28. The Bertz CT molecular complexity index is 1270. The largest absolute Gasteiger partial charge is 0.573 e. The molecule has 0 heterocycles. The Morgan fingerprint density at radius 1 is 0.744 bits per heavy atom. The smallest absolute Gasteiger partial charge is 0.483 e. The van der Waals surface area contributed by atoms with Crippen LogP contribution in [-0.4, -0.2) is 6.36 Å². The van der Waals surface area contributed by atoms with Crippen LogP contribution in [0.25, 0.3) is 11.1 Å². The number of benzene rings is 3. The second-order valence-corrected chi connectivity index (χ2v) is 9.74. The molecule has 0 spiro atoms. The van der Waals surface area contributed by atoms with E-state index in [4.69, 9.17) is 4.74 Å². The molecule has 3 aromatic carbocycles. The molecule has 0 bridgehead atoms. The van der Waals surface area contributed by atoms with Crippen LogP contribution in [0.15, 0.2) is 42.5 Å². The minimum Gasteiger partial charge on any atom is -0.483 e. The predicted octanol–water partition coefficient (Wildman–Crippen LogP) is 9.60. The number of rotatable bonds is 8. The van der Waals surface area contributed by atoms with E-state index in [1.54, 1.807) is 6.07 Å². The normalized spacial score (nSPS) is 17.8. The van der Waals surface area contributed by atoms with E-state index in [-0.39, 0.29) is 22.6 Å². The van der Waals surface area contributed by atoms with Crippen molar-refractivity contribution in [2.45, 2.75) is 64.3 Å². The molecular formula is C29H26F8O2. The van der Waals surface area contributed by atoms with E-state index < -0.39 is 53.6 Å². The third kappa shape index (κ3) is 7.02. The van der Waals surface area contributed by atoms with Crippen LogP contribution < -0.4 is 9.47 Å². The Balaban J connectivity index is 1.47. The first-order valence-corrected chi connectivity index (χ1v) is 12.6. The molecular weight excluding hydrogens is 532 g/mol. The van der Waals surface area contributed by atoms with Crippen molar-refractivity contribution in [2.75, 3.05) is 0 Å². The van der Waals surface area contributed by atoms with Gasteiger partial charge in [-0.1, -0.05) is 31.9 Å². The molecule has 1 fully saturated rings. The van der Waals surface area contributed by atoms with Gasteiger partial charge < -0.3 is 9.47 Å². The van der Waals surface area contributed by atoms with Gasteiger partial charge in [0.25, 0.3) is 0 Å². The van der Waals surface area contributed by atoms with E-state index in [9.17, 15) is 30.7 Å². The molecule has 0 N–H and O–H groups in total. The number of ether oxygens (including phenoxy) is 2. The molecule has 1 aliphatic carbocycles. The van der Waals surface area contributed by atoms with Crippen molar-refractivity contribution < 1.29 is 44.6 Å². The summed E-state index contributed by atoms with van der Waals surface area (Å²) >= 11 is 0. The fraction of sp³-hybridized carbons (Fsp3) is 0.379. The molecule has 210 valence electrons. The molecule has 1 aliphatic rings. The summed E-state index contributed by atoms with van der Waals surface area (Å²) in [6.07, 6.45) is 1.11. The highest BCUT2D eigenvalue weighted by atomic mass is 19.4.